The zero-order chi connectivity index (χ0) is 16.2. The van der Waals surface area contributed by atoms with Crippen molar-refractivity contribution in [2.45, 2.75) is 49.2 Å². The second kappa shape index (κ2) is 7.17. The lowest BCUT2D eigenvalue weighted by Gasteiger charge is -2.11. The first-order chi connectivity index (χ1) is 11.1. The highest BCUT2D eigenvalue weighted by Gasteiger charge is 2.28. The smallest absolute Gasteiger partial charge is 0.233 e. The molecule has 1 amide bonds. The highest BCUT2D eigenvalue weighted by atomic mass is 32.2. The Balaban J connectivity index is 1.41. The number of nitrogens with one attached hydrogen (secondary N) is 1. The van der Waals surface area contributed by atoms with Crippen LogP contribution in [0.4, 0.5) is 0 Å². The molecule has 23 heavy (non-hydrogen) atoms. The summed E-state index contributed by atoms with van der Waals surface area (Å²) in [6.07, 6.45) is 2.89. The van der Waals surface area contributed by atoms with Gasteiger partial charge in [-0.2, -0.15) is 4.98 Å². The first kappa shape index (κ1) is 16.1. The average molecular weight is 331 g/mol. The predicted molar refractivity (Wildman–Crippen MR) is 89.5 cm³/mol. The van der Waals surface area contributed by atoms with E-state index in [1.165, 1.54) is 5.56 Å². The van der Waals surface area contributed by atoms with Crippen LogP contribution in [-0.4, -0.2) is 27.8 Å². The Kier molecular flexibility index (Phi) is 5.00. The van der Waals surface area contributed by atoms with Gasteiger partial charge in [0.15, 0.2) is 5.82 Å². The molecule has 1 N–H and O–H groups in total. The molecule has 1 aliphatic carbocycles. The number of hydrogen-bond donors (Lipinski definition) is 1. The largest absolute Gasteiger partial charge is 0.355 e. The number of amides is 1. The van der Waals surface area contributed by atoms with E-state index in [1.807, 2.05) is 19.1 Å². The van der Waals surface area contributed by atoms with E-state index in [4.69, 9.17) is 4.52 Å². The van der Waals surface area contributed by atoms with Crippen LogP contribution in [0, 0.1) is 6.92 Å². The summed E-state index contributed by atoms with van der Waals surface area (Å²) in [5, 5.41) is 6.76. The van der Waals surface area contributed by atoms with Crippen molar-refractivity contribution < 1.29 is 9.32 Å². The number of nitrogens with zero attached hydrogens (tertiary/aromatic N) is 2. The number of rotatable bonds is 7. The van der Waals surface area contributed by atoms with Crippen LogP contribution < -0.4 is 5.32 Å². The first-order valence-corrected chi connectivity index (χ1v) is 8.83. The molecule has 3 rings (SSSR count). The van der Waals surface area contributed by atoms with Crippen LogP contribution in [0.2, 0.25) is 0 Å². The molecule has 6 heteroatoms. The molecule has 1 aromatic heterocycles. The molecule has 0 radical (unpaired) electrons. The Labute approximate surface area is 140 Å². The van der Waals surface area contributed by atoms with E-state index in [0.29, 0.717) is 24.8 Å². The zero-order valence-electron chi connectivity index (χ0n) is 13.4. The summed E-state index contributed by atoms with van der Waals surface area (Å²) in [4.78, 5) is 17.6. The minimum Gasteiger partial charge on any atom is -0.355 e. The van der Waals surface area contributed by atoms with Crippen molar-refractivity contribution in [1.29, 1.82) is 0 Å². The molecule has 0 unspecified atom stereocenters. The molecule has 0 saturated heterocycles. The lowest BCUT2D eigenvalue weighted by molar-refractivity contribution is -0.120. The molecule has 1 atom stereocenters. The quantitative estimate of drug-likeness (QED) is 0.790. The van der Waals surface area contributed by atoms with Gasteiger partial charge in [0.2, 0.25) is 11.8 Å². The maximum atomic E-state index is 12.1. The van der Waals surface area contributed by atoms with E-state index in [-0.39, 0.29) is 11.2 Å². The van der Waals surface area contributed by atoms with Crippen molar-refractivity contribution >= 4 is 17.7 Å². The summed E-state index contributed by atoms with van der Waals surface area (Å²) < 4.78 is 5.20. The van der Waals surface area contributed by atoms with Crippen LogP contribution in [0.3, 0.4) is 0 Å². The summed E-state index contributed by atoms with van der Waals surface area (Å²) in [6.45, 7) is 4.48. The Hall–Kier alpha value is -1.82. The molecule has 2 aromatic rings. The van der Waals surface area contributed by atoms with Gasteiger partial charge < -0.3 is 9.84 Å². The minimum atomic E-state index is -0.137. The molecule has 122 valence electrons. The summed E-state index contributed by atoms with van der Waals surface area (Å²) in [5.41, 5.74) is 1.22. The fraction of sp³-hybridized carbons (Fsp3) is 0.471. The monoisotopic (exact) mass is 331 g/mol. The van der Waals surface area contributed by atoms with E-state index in [1.54, 1.807) is 11.8 Å². The number of aromatic nitrogens is 2. The van der Waals surface area contributed by atoms with E-state index in [0.717, 1.165) is 23.6 Å². The lowest BCUT2D eigenvalue weighted by atomic mass is 10.2. The van der Waals surface area contributed by atoms with Crippen LogP contribution in [0.15, 0.2) is 33.7 Å². The normalized spacial score (nSPS) is 15.4. The van der Waals surface area contributed by atoms with Crippen LogP contribution in [0.5, 0.6) is 0 Å². The number of hydrogen-bond acceptors (Lipinski definition) is 5. The maximum absolute atomic E-state index is 12.1. The fourth-order valence-corrected chi connectivity index (χ4v) is 3.08. The third-order valence-electron chi connectivity index (χ3n) is 3.77. The first-order valence-electron chi connectivity index (χ1n) is 7.95. The van der Waals surface area contributed by atoms with Crippen LogP contribution in [-0.2, 0) is 11.2 Å². The second-order valence-corrected chi connectivity index (χ2v) is 7.35. The Bertz CT molecular complexity index is 665. The lowest BCUT2D eigenvalue weighted by Crippen LogP contribution is -2.32. The van der Waals surface area contributed by atoms with Crippen LogP contribution in [0.1, 0.15) is 43.0 Å². The Morgan fingerprint density at radius 2 is 2.13 bits per heavy atom. The van der Waals surface area contributed by atoms with Crippen molar-refractivity contribution in [3.63, 3.8) is 0 Å². The van der Waals surface area contributed by atoms with Gasteiger partial charge in [-0.05, 0) is 38.8 Å². The van der Waals surface area contributed by atoms with Crippen molar-refractivity contribution in [2.75, 3.05) is 6.54 Å². The molecule has 1 fully saturated rings. The van der Waals surface area contributed by atoms with E-state index >= 15 is 0 Å². The molecular weight excluding hydrogens is 310 g/mol. The fourth-order valence-electron chi connectivity index (χ4n) is 2.19. The van der Waals surface area contributed by atoms with Gasteiger partial charge in [-0.15, -0.1) is 11.8 Å². The van der Waals surface area contributed by atoms with Gasteiger partial charge in [0.05, 0.1) is 5.25 Å². The molecule has 1 heterocycles. The second-order valence-electron chi connectivity index (χ2n) is 5.93. The highest BCUT2D eigenvalue weighted by Crippen LogP contribution is 2.38. The molecule has 0 aliphatic heterocycles. The van der Waals surface area contributed by atoms with Gasteiger partial charge in [0.25, 0.3) is 0 Å². The Morgan fingerprint density at radius 1 is 1.39 bits per heavy atom. The van der Waals surface area contributed by atoms with Gasteiger partial charge in [-0.1, -0.05) is 22.9 Å². The number of aryl methyl sites for hydroxylation is 1. The topological polar surface area (TPSA) is 68.0 Å². The van der Waals surface area contributed by atoms with Gasteiger partial charge in [0.1, 0.15) is 0 Å². The van der Waals surface area contributed by atoms with Gasteiger partial charge in [0, 0.05) is 23.8 Å². The van der Waals surface area contributed by atoms with E-state index in [2.05, 4.69) is 34.5 Å². The minimum absolute atomic E-state index is 0.0255. The molecule has 0 spiro atoms. The van der Waals surface area contributed by atoms with Crippen molar-refractivity contribution in [2.24, 2.45) is 0 Å². The summed E-state index contributed by atoms with van der Waals surface area (Å²) in [6, 6.07) is 8.20. The standard InChI is InChI=1S/C17H21N3O2S/c1-11-3-7-14(8-4-11)23-12(2)17(21)18-10-9-15-19-16(20-22-15)13-5-6-13/h3-4,7-8,12-13H,5-6,9-10H2,1-2H3,(H,18,21)/t12-/m1/s1. The highest BCUT2D eigenvalue weighted by molar-refractivity contribution is 8.00. The summed E-state index contributed by atoms with van der Waals surface area (Å²) in [7, 11) is 0. The van der Waals surface area contributed by atoms with E-state index < -0.39 is 0 Å². The van der Waals surface area contributed by atoms with Crippen molar-refractivity contribution in [3.05, 3.63) is 41.5 Å². The zero-order valence-corrected chi connectivity index (χ0v) is 14.2. The molecule has 1 aliphatic rings. The van der Waals surface area contributed by atoms with Crippen molar-refractivity contribution in [3.8, 4) is 0 Å². The van der Waals surface area contributed by atoms with Crippen LogP contribution in [0.25, 0.3) is 0 Å². The SMILES string of the molecule is Cc1ccc(S[C@H](C)C(=O)NCCc2nc(C3CC3)no2)cc1. The summed E-state index contributed by atoms with van der Waals surface area (Å²) >= 11 is 1.56. The molecule has 1 saturated carbocycles. The predicted octanol–water partition coefficient (Wildman–Crippen LogP) is 3.09. The average Bonchev–Trinajstić information content (AvgIpc) is 3.29. The maximum Gasteiger partial charge on any atom is 0.233 e. The molecule has 0 bridgehead atoms. The number of carbonyl (C=O) groups excluding carboxylic acids is 1. The third-order valence-corrected chi connectivity index (χ3v) is 4.88. The Morgan fingerprint density at radius 3 is 2.83 bits per heavy atom. The third kappa shape index (κ3) is 4.58. The molecule has 5 nitrogen and oxygen atoms in total. The van der Waals surface area contributed by atoms with Crippen molar-refractivity contribution in [1.82, 2.24) is 15.5 Å². The van der Waals surface area contributed by atoms with Crippen LogP contribution >= 0.6 is 11.8 Å². The van der Waals surface area contributed by atoms with Gasteiger partial charge in [-0.25, -0.2) is 0 Å². The number of benzene rings is 1. The van der Waals surface area contributed by atoms with Gasteiger partial charge >= 0.3 is 0 Å². The number of carbonyl (C=O) groups is 1. The van der Waals surface area contributed by atoms with Gasteiger partial charge in [-0.3, -0.25) is 4.79 Å². The summed E-state index contributed by atoms with van der Waals surface area (Å²) in [5.74, 6) is 1.94. The molecular formula is C17H21N3O2S. The van der Waals surface area contributed by atoms with E-state index in [9.17, 15) is 4.79 Å². The number of thioether (sulfide) groups is 1. The molecule has 1 aromatic carbocycles.